The molecule has 0 spiro atoms. The number of nitrogens with one attached hydrogen (secondary N) is 1. The predicted molar refractivity (Wildman–Crippen MR) is 97.4 cm³/mol. The molecule has 4 nitrogen and oxygen atoms in total. The molecule has 1 heterocycles. The molecule has 126 valence electrons. The number of carbonyl (C=O) groups is 1. The lowest BCUT2D eigenvalue weighted by Crippen LogP contribution is -2.34. The number of rotatable bonds is 5. The van der Waals surface area contributed by atoms with Crippen molar-refractivity contribution in [2.45, 2.75) is 25.7 Å². The predicted octanol–water partition coefficient (Wildman–Crippen LogP) is 3.25. The summed E-state index contributed by atoms with van der Waals surface area (Å²) in [6, 6.07) is 14.3. The van der Waals surface area contributed by atoms with Crippen LogP contribution in [0.25, 0.3) is 0 Å². The minimum Gasteiger partial charge on any atom is -0.358 e. The number of hydrogen-bond acceptors (Lipinski definition) is 3. The lowest BCUT2D eigenvalue weighted by atomic mass is 9.87. The number of amides is 1. The van der Waals surface area contributed by atoms with Crippen LogP contribution in [-0.2, 0) is 5.41 Å². The molecular formula is C20H25N3O. The van der Waals surface area contributed by atoms with Crippen molar-refractivity contribution in [1.82, 2.24) is 10.3 Å². The SMILES string of the molecule is CNC(=O)c1cccnc1N(C)CC1(c2ccccc2)CC1(C)C. The zero-order chi connectivity index (χ0) is 17.4. The monoisotopic (exact) mass is 323 g/mol. The van der Waals surface area contributed by atoms with Gasteiger partial charge in [0.15, 0.2) is 0 Å². The highest BCUT2D eigenvalue weighted by atomic mass is 16.1. The molecule has 1 atom stereocenters. The minimum absolute atomic E-state index is 0.0977. The van der Waals surface area contributed by atoms with E-state index in [0.717, 1.165) is 18.8 Å². The zero-order valence-corrected chi connectivity index (χ0v) is 14.8. The molecular weight excluding hydrogens is 298 g/mol. The second kappa shape index (κ2) is 5.93. The fourth-order valence-corrected chi connectivity index (χ4v) is 3.81. The maximum absolute atomic E-state index is 12.1. The molecule has 24 heavy (non-hydrogen) atoms. The summed E-state index contributed by atoms with van der Waals surface area (Å²) in [5, 5.41) is 2.70. The van der Waals surface area contributed by atoms with E-state index in [1.807, 2.05) is 13.1 Å². The van der Waals surface area contributed by atoms with Gasteiger partial charge in [-0.05, 0) is 29.5 Å². The van der Waals surface area contributed by atoms with Crippen molar-refractivity contribution in [3.05, 3.63) is 59.8 Å². The fraction of sp³-hybridized carbons (Fsp3) is 0.400. The highest BCUT2D eigenvalue weighted by Gasteiger charge is 2.62. The summed E-state index contributed by atoms with van der Waals surface area (Å²) in [4.78, 5) is 18.7. The number of pyridine rings is 1. The third kappa shape index (κ3) is 2.66. The lowest BCUT2D eigenvalue weighted by Gasteiger charge is -2.29. The van der Waals surface area contributed by atoms with Crippen molar-refractivity contribution in [2.24, 2.45) is 5.41 Å². The molecule has 0 saturated heterocycles. The Morgan fingerprint density at radius 2 is 1.88 bits per heavy atom. The third-order valence-corrected chi connectivity index (χ3v) is 5.37. The number of anilines is 1. The number of carbonyl (C=O) groups excluding carboxylic acids is 1. The first kappa shape index (κ1) is 16.5. The van der Waals surface area contributed by atoms with Gasteiger partial charge in [-0.15, -0.1) is 0 Å². The van der Waals surface area contributed by atoms with E-state index >= 15 is 0 Å². The molecule has 0 radical (unpaired) electrons. The van der Waals surface area contributed by atoms with Crippen molar-refractivity contribution < 1.29 is 4.79 Å². The molecule has 1 fully saturated rings. The van der Waals surface area contributed by atoms with Crippen LogP contribution in [0.1, 0.15) is 36.2 Å². The number of benzene rings is 1. The molecule has 1 N–H and O–H groups in total. The Morgan fingerprint density at radius 1 is 1.21 bits per heavy atom. The van der Waals surface area contributed by atoms with E-state index in [0.29, 0.717) is 5.56 Å². The first-order valence-corrected chi connectivity index (χ1v) is 8.35. The van der Waals surface area contributed by atoms with E-state index < -0.39 is 0 Å². The van der Waals surface area contributed by atoms with Crippen molar-refractivity contribution in [2.75, 3.05) is 25.5 Å². The summed E-state index contributed by atoms with van der Waals surface area (Å²) in [6.07, 6.45) is 2.88. The Kier molecular flexibility index (Phi) is 4.08. The first-order chi connectivity index (χ1) is 11.4. The molecule has 1 unspecified atom stereocenters. The number of aromatic nitrogens is 1. The van der Waals surface area contributed by atoms with Crippen LogP contribution < -0.4 is 10.2 Å². The average Bonchev–Trinajstić information content (AvgIpc) is 3.16. The fourth-order valence-electron chi connectivity index (χ4n) is 3.81. The maximum atomic E-state index is 12.1. The van der Waals surface area contributed by atoms with Crippen LogP contribution in [0.5, 0.6) is 0 Å². The van der Waals surface area contributed by atoms with Gasteiger partial charge in [0.2, 0.25) is 0 Å². The maximum Gasteiger partial charge on any atom is 0.254 e. The number of hydrogen-bond donors (Lipinski definition) is 1. The van der Waals surface area contributed by atoms with Crippen molar-refractivity contribution in [3.63, 3.8) is 0 Å². The quantitative estimate of drug-likeness (QED) is 0.919. The van der Waals surface area contributed by atoms with E-state index in [4.69, 9.17) is 0 Å². The topological polar surface area (TPSA) is 45.2 Å². The van der Waals surface area contributed by atoms with Gasteiger partial charge < -0.3 is 10.2 Å². The molecule has 1 aliphatic rings. The second-order valence-electron chi connectivity index (χ2n) is 7.32. The Hall–Kier alpha value is -2.36. The van der Waals surface area contributed by atoms with Crippen molar-refractivity contribution >= 4 is 11.7 Å². The van der Waals surface area contributed by atoms with Crippen LogP contribution in [0.3, 0.4) is 0 Å². The van der Waals surface area contributed by atoms with Gasteiger partial charge in [0.1, 0.15) is 5.82 Å². The summed E-state index contributed by atoms with van der Waals surface area (Å²) in [5.74, 6) is 0.628. The average molecular weight is 323 g/mol. The summed E-state index contributed by atoms with van der Waals surface area (Å²) in [7, 11) is 3.67. The van der Waals surface area contributed by atoms with Crippen LogP contribution in [0.4, 0.5) is 5.82 Å². The van der Waals surface area contributed by atoms with Gasteiger partial charge in [-0.3, -0.25) is 4.79 Å². The van der Waals surface area contributed by atoms with Crippen LogP contribution in [0.15, 0.2) is 48.7 Å². The van der Waals surface area contributed by atoms with Crippen LogP contribution in [0.2, 0.25) is 0 Å². The standard InChI is InChI=1S/C20H25N3O/c1-19(2)13-20(19,15-9-6-5-7-10-15)14-23(4)17-16(18(24)21-3)11-8-12-22-17/h5-12H,13-14H2,1-4H3,(H,21,24). The molecule has 2 aromatic rings. The second-order valence-corrected chi connectivity index (χ2v) is 7.32. The van der Waals surface area contributed by atoms with Crippen molar-refractivity contribution in [1.29, 1.82) is 0 Å². The van der Waals surface area contributed by atoms with Crippen molar-refractivity contribution in [3.8, 4) is 0 Å². The largest absolute Gasteiger partial charge is 0.358 e. The summed E-state index contributed by atoms with van der Waals surface area (Å²) in [5.41, 5.74) is 2.31. The summed E-state index contributed by atoms with van der Waals surface area (Å²) < 4.78 is 0. The van der Waals surface area contributed by atoms with E-state index in [2.05, 4.69) is 59.4 Å². The molecule has 1 aromatic carbocycles. The molecule has 3 rings (SSSR count). The van der Waals surface area contributed by atoms with E-state index in [1.54, 1.807) is 19.3 Å². The third-order valence-electron chi connectivity index (χ3n) is 5.37. The Labute approximate surface area is 143 Å². The smallest absolute Gasteiger partial charge is 0.254 e. The van der Waals surface area contributed by atoms with Gasteiger partial charge in [0.25, 0.3) is 5.91 Å². The molecule has 1 saturated carbocycles. The molecule has 0 aliphatic heterocycles. The van der Waals surface area contributed by atoms with Gasteiger partial charge >= 0.3 is 0 Å². The number of likely N-dealkylation sites (N-methyl/N-ethyl adjacent to an activating group) is 1. The first-order valence-electron chi connectivity index (χ1n) is 8.35. The Morgan fingerprint density at radius 3 is 2.46 bits per heavy atom. The highest BCUT2D eigenvalue weighted by Crippen LogP contribution is 2.64. The molecule has 1 amide bonds. The number of nitrogens with zero attached hydrogens (tertiary/aromatic N) is 2. The Balaban J connectivity index is 1.92. The Bertz CT molecular complexity index is 742. The van der Waals surface area contributed by atoms with Crippen LogP contribution in [-0.4, -0.2) is 31.5 Å². The van der Waals surface area contributed by atoms with Gasteiger partial charge in [0.05, 0.1) is 5.56 Å². The van der Waals surface area contributed by atoms with E-state index in [9.17, 15) is 4.79 Å². The normalized spacial score (nSPS) is 21.2. The molecule has 1 aromatic heterocycles. The van der Waals surface area contributed by atoms with Gasteiger partial charge in [0, 0.05) is 32.3 Å². The van der Waals surface area contributed by atoms with Gasteiger partial charge in [-0.2, -0.15) is 0 Å². The minimum atomic E-state index is -0.103. The summed E-state index contributed by atoms with van der Waals surface area (Å²) >= 11 is 0. The highest BCUT2D eigenvalue weighted by molar-refractivity contribution is 5.98. The summed E-state index contributed by atoms with van der Waals surface area (Å²) in [6.45, 7) is 5.46. The van der Waals surface area contributed by atoms with Crippen LogP contribution in [0, 0.1) is 5.41 Å². The van der Waals surface area contributed by atoms with Gasteiger partial charge in [-0.25, -0.2) is 4.98 Å². The van der Waals surface area contributed by atoms with E-state index in [-0.39, 0.29) is 16.7 Å². The molecule has 1 aliphatic carbocycles. The molecule has 4 heteroatoms. The molecule has 0 bridgehead atoms. The zero-order valence-electron chi connectivity index (χ0n) is 14.8. The lowest BCUT2D eigenvalue weighted by molar-refractivity contribution is 0.0963. The van der Waals surface area contributed by atoms with Crippen LogP contribution >= 0.6 is 0 Å². The van der Waals surface area contributed by atoms with E-state index in [1.165, 1.54) is 5.56 Å². The van der Waals surface area contributed by atoms with Gasteiger partial charge in [-0.1, -0.05) is 44.2 Å².